The Balaban J connectivity index is 1.32. The predicted octanol–water partition coefficient (Wildman–Crippen LogP) is 5.21. The van der Waals surface area contributed by atoms with Crippen molar-refractivity contribution in [2.45, 2.75) is 44.8 Å². The van der Waals surface area contributed by atoms with E-state index in [1.54, 1.807) is 6.92 Å². The molecule has 3 atom stereocenters. The van der Waals surface area contributed by atoms with E-state index in [0.717, 1.165) is 36.3 Å². The number of hydrogen-bond donors (Lipinski definition) is 1. The van der Waals surface area contributed by atoms with Gasteiger partial charge in [-0.05, 0) is 55.5 Å². The maximum Gasteiger partial charge on any atom is 0.306 e. The SMILES string of the molecule is CC(CC[C@@H]1O[C@H]1/C=C\c1cccc(OCCCCOc2ccccc2)c1)C(=O)O. The summed E-state index contributed by atoms with van der Waals surface area (Å²) in [6.07, 6.45) is 7.58. The van der Waals surface area contributed by atoms with E-state index in [4.69, 9.17) is 19.3 Å². The lowest BCUT2D eigenvalue weighted by Crippen LogP contribution is -2.10. The van der Waals surface area contributed by atoms with E-state index in [1.165, 1.54) is 0 Å². The Morgan fingerprint density at radius 1 is 1.07 bits per heavy atom. The number of ether oxygens (including phenoxy) is 3. The molecule has 0 saturated carbocycles. The van der Waals surface area contributed by atoms with Crippen LogP contribution in [-0.2, 0) is 9.53 Å². The van der Waals surface area contributed by atoms with Gasteiger partial charge in [-0.3, -0.25) is 4.79 Å². The Morgan fingerprint density at radius 2 is 1.77 bits per heavy atom. The summed E-state index contributed by atoms with van der Waals surface area (Å²) in [7, 11) is 0. The van der Waals surface area contributed by atoms with Crippen molar-refractivity contribution in [2.75, 3.05) is 13.2 Å². The first-order chi connectivity index (χ1) is 14.6. The van der Waals surface area contributed by atoms with Gasteiger partial charge in [-0.25, -0.2) is 0 Å². The summed E-state index contributed by atoms with van der Waals surface area (Å²) in [6.45, 7) is 3.07. The van der Waals surface area contributed by atoms with Crippen molar-refractivity contribution in [1.82, 2.24) is 0 Å². The number of unbranched alkanes of at least 4 members (excludes halogenated alkanes) is 1. The highest BCUT2D eigenvalue weighted by Gasteiger charge is 2.36. The summed E-state index contributed by atoms with van der Waals surface area (Å²) in [5.41, 5.74) is 1.06. The molecule has 1 aliphatic heterocycles. The fourth-order valence-electron chi connectivity index (χ4n) is 3.11. The third-order valence-corrected chi connectivity index (χ3v) is 5.08. The summed E-state index contributed by atoms with van der Waals surface area (Å²) >= 11 is 0. The minimum atomic E-state index is -0.747. The second kappa shape index (κ2) is 11.4. The van der Waals surface area contributed by atoms with Crippen molar-refractivity contribution >= 4 is 12.0 Å². The van der Waals surface area contributed by atoms with Crippen LogP contribution in [0.2, 0.25) is 0 Å². The van der Waals surface area contributed by atoms with E-state index in [1.807, 2.05) is 66.7 Å². The monoisotopic (exact) mass is 410 g/mol. The Bertz CT molecular complexity index is 817. The Hall–Kier alpha value is -2.79. The Morgan fingerprint density at radius 3 is 2.50 bits per heavy atom. The van der Waals surface area contributed by atoms with Crippen molar-refractivity contribution in [3.8, 4) is 11.5 Å². The summed E-state index contributed by atoms with van der Waals surface area (Å²) in [5.74, 6) is 0.682. The third kappa shape index (κ3) is 7.56. The van der Waals surface area contributed by atoms with Crippen LogP contribution in [0.25, 0.3) is 6.08 Å². The first-order valence-corrected chi connectivity index (χ1v) is 10.6. The summed E-state index contributed by atoms with van der Waals surface area (Å²) < 4.78 is 17.1. The van der Waals surface area contributed by atoms with Crippen LogP contribution in [0.3, 0.4) is 0 Å². The first kappa shape index (κ1) is 21.9. The molecule has 2 aromatic carbocycles. The highest BCUT2D eigenvalue weighted by atomic mass is 16.6. The van der Waals surface area contributed by atoms with Gasteiger partial charge in [-0.2, -0.15) is 0 Å². The van der Waals surface area contributed by atoms with E-state index in [-0.39, 0.29) is 18.1 Å². The van der Waals surface area contributed by atoms with Crippen LogP contribution in [-0.4, -0.2) is 36.5 Å². The molecule has 0 aliphatic carbocycles. The minimum Gasteiger partial charge on any atom is -0.494 e. The maximum atomic E-state index is 10.9. The highest BCUT2D eigenvalue weighted by molar-refractivity contribution is 5.69. The molecule has 5 nitrogen and oxygen atoms in total. The summed E-state index contributed by atoms with van der Waals surface area (Å²) in [6, 6.07) is 17.8. The number of benzene rings is 2. The smallest absolute Gasteiger partial charge is 0.306 e. The lowest BCUT2D eigenvalue weighted by Gasteiger charge is -2.08. The zero-order valence-electron chi connectivity index (χ0n) is 17.4. The average molecular weight is 411 g/mol. The standard InChI is InChI=1S/C25H30O5/c1-19(25(26)27)12-14-23-24(30-23)15-13-20-8-7-11-22(18-20)29-17-6-5-16-28-21-9-3-2-4-10-21/h2-4,7-11,13,15,18-19,23-24H,5-6,12,14,16-17H2,1H3,(H,26,27)/b15-13-/t19?,23-,24-/m0/s1. The van der Waals surface area contributed by atoms with Crippen molar-refractivity contribution in [2.24, 2.45) is 5.92 Å². The van der Waals surface area contributed by atoms with Gasteiger partial charge in [0.1, 0.15) is 17.6 Å². The number of para-hydroxylation sites is 1. The van der Waals surface area contributed by atoms with Gasteiger partial charge >= 0.3 is 5.97 Å². The van der Waals surface area contributed by atoms with E-state index in [9.17, 15) is 4.79 Å². The van der Waals surface area contributed by atoms with Gasteiger partial charge in [0.15, 0.2) is 0 Å². The van der Waals surface area contributed by atoms with Gasteiger partial charge < -0.3 is 19.3 Å². The van der Waals surface area contributed by atoms with Gasteiger partial charge in [-0.15, -0.1) is 0 Å². The molecule has 1 N–H and O–H groups in total. The van der Waals surface area contributed by atoms with Crippen LogP contribution in [0, 0.1) is 5.92 Å². The van der Waals surface area contributed by atoms with Crippen LogP contribution < -0.4 is 9.47 Å². The molecule has 0 aromatic heterocycles. The van der Waals surface area contributed by atoms with E-state index >= 15 is 0 Å². The summed E-state index contributed by atoms with van der Waals surface area (Å²) in [4.78, 5) is 10.9. The largest absolute Gasteiger partial charge is 0.494 e. The second-order valence-electron chi connectivity index (χ2n) is 7.60. The minimum absolute atomic E-state index is 0.0835. The van der Waals surface area contributed by atoms with Gasteiger partial charge in [0.05, 0.1) is 25.2 Å². The molecule has 1 fully saturated rings. The maximum absolute atomic E-state index is 10.9. The predicted molar refractivity (Wildman–Crippen MR) is 117 cm³/mol. The van der Waals surface area contributed by atoms with Gasteiger partial charge in [0, 0.05) is 0 Å². The topological polar surface area (TPSA) is 68.3 Å². The third-order valence-electron chi connectivity index (χ3n) is 5.08. The lowest BCUT2D eigenvalue weighted by molar-refractivity contribution is -0.141. The molecule has 0 radical (unpaired) electrons. The fraction of sp³-hybridized carbons (Fsp3) is 0.400. The number of aliphatic carboxylic acids is 1. The molecular weight excluding hydrogens is 380 g/mol. The average Bonchev–Trinajstić information content (AvgIpc) is 3.52. The molecule has 3 rings (SSSR count). The molecule has 1 heterocycles. The van der Waals surface area contributed by atoms with Crippen molar-refractivity contribution in [1.29, 1.82) is 0 Å². The van der Waals surface area contributed by atoms with Gasteiger partial charge in [0.2, 0.25) is 0 Å². The van der Waals surface area contributed by atoms with Crippen LogP contribution >= 0.6 is 0 Å². The lowest BCUT2D eigenvalue weighted by atomic mass is 10.0. The quantitative estimate of drug-likeness (QED) is 0.363. The van der Waals surface area contributed by atoms with Crippen molar-refractivity contribution in [3.05, 3.63) is 66.2 Å². The van der Waals surface area contributed by atoms with Crippen LogP contribution in [0.15, 0.2) is 60.7 Å². The molecule has 1 saturated heterocycles. The molecule has 0 bridgehead atoms. The zero-order chi connectivity index (χ0) is 21.2. The molecule has 160 valence electrons. The van der Waals surface area contributed by atoms with Gasteiger partial charge in [0.25, 0.3) is 0 Å². The number of rotatable bonds is 13. The van der Waals surface area contributed by atoms with E-state index in [2.05, 4.69) is 0 Å². The van der Waals surface area contributed by atoms with Crippen LogP contribution in [0.4, 0.5) is 0 Å². The van der Waals surface area contributed by atoms with Gasteiger partial charge in [-0.1, -0.05) is 49.4 Å². The summed E-state index contributed by atoms with van der Waals surface area (Å²) in [5, 5.41) is 8.94. The number of carbonyl (C=O) groups is 1. The van der Waals surface area contributed by atoms with E-state index in [0.29, 0.717) is 19.6 Å². The Kier molecular flexibility index (Phi) is 8.33. The highest BCUT2D eigenvalue weighted by Crippen LogP contribution is 2.30. The molecule has 0 amide bonds. The van der Waals surface area contributed by atoms with E-state index < -0.39 is 5.97 Å². The molecule has 30 heavy (non-hydrogen) atoms. The molecule has 2 aromatic rings. The van der Waals surface area contributed by atoms with Crippen LogP contribution in [0.5, 0.6) is 11.5 Å². The second-order valence-corrected chi connectivity index (χ2v) is 7.60. The molecule has 1 aliphatic rings. The Labute approximate surface area is 178 Å². The zero-order valence-corrected chi connectivity index (χ0v) is 17.4. The molecule has 5 heteroatoms. The number of carboxylic acids is 1. The first-order valence-electron chi connectivity index (χ1n) is 10.6. The number of carboxylic acid groups (broad SMARTS) is 1. The molecule has 0 spiro atoms. The normalized spacial score (nSPS) is 18.8. The molecular formula is C25H30O5. The van der Waals surface area contributed by atoms with Crippen molar-refractivity contribution in [3.63, 3.8) is 0 Å². The van der Waals surface area contributed by atoms with Crippen molar-refractivity contribution < 1.29 is 24.1 Å². The number of epoxide rings is 1. The van der Waals surface area contributed by atoms with Crippen LogP contribution in [0.1, 0.15) is 38.2 Å². The number of hydrogen-bond acceptors (Lipinski definition) is 4. The fourth-order valence-corrected chi connectivity index (χ4v) is 3.11. The molecule has 1 unspecified atom stereocenters.